The van der Waals surface area contributed by atoms with Gasteiger partial charge in [-0.3, -0.25) is 9.36 Å². The molecule has 0 unspecified atom stereocenters. The van der Waals surface area contributed by atoms with Crippen LogP contribution >= 0.6 is 34.7 Å². The number of aromatic nitrogens is 3. The Morgan fingerprint density at radius 3 is 2.66 bits per heavy atom. The molecule has 0 N–H and O–H groups in total. The van der Waals surface area contributed by atoms with E-state index in [9.17, 15) is 9.18 Å². The lowest BCUT2D eigenvalue weighted by Gasteiger charge is -2.18. The van der Waals surface area contributed by atoms with Crippen LogP contribution in [0, 0.1) is 5.82 Å². The van der Waals surface area contributed by atoms with E-state index in [1.807, 2.05) is 46.3 Å². The SMILES string of the molecule is CN(Cc1c(F)cccc1Cl)C(=O)CSc1nnc(Cc2cccs2)n1-c1ccccc1. The smallest absolute Gasteiger partial charge is 0.233 e. The summed E-state index contributed by atoms with van der Waals surface area (Å²) < 4.78 is 16.1. The van der Waals surface area contributed by atoms with E-state index in [2.05, 4.69) is 16.3 Å². The number of amides is 1. The second kappa shape index (κ2) is 10.3. The van der Waals surface area contributed by atoms with Gasteiger partial charge in [0.1, 0.15) is 11.6 Å². The number of hydrogen-bond acceptors (Lipinski definition) is 5. The Morgan fingerprint density at radius 1 is 1.12 bits per heavy atom. The maximum absolute atomic E-state index is 14.1. The summed E-state index contributed by atoms with van der Waals surface area (Å²) >= 11 is 9.07. The molecule has 0 aliphatic carbocycles. The summed E-state index contributed by atoms with van der Waals surface area (Å²) in [6.07, 6.45) is 0.653. The van der Waals surface area contributed by atoms with Crippen molar-refractivity contribution in [2.75, 3.05) is 12.8 Å². The van der Waals surface area contributed by atoms with Crippen LogP contribution in [0.25, 0.3) is 5.69 Å². The van der Waals surface area contributed by atoms with E-state index < -0.39 is 5.82 Å². The van der Waals surface area contributed by atoms with Crippen LogP contribution < -0.4 is 0 Å². The highest BCUT2D eigenvalue weighted by Crippen LogP contribution is 2.25. The third-order valence-corrected chi connectivity index (χ3v) is 6.98. The molecular weight excluding hydrogens is 467 g/mol. The molecule has 5 nitrogen and oxygen atoms in total. The predicted octanol–water partition coefficient (Wildman–Crippen LogP) is 5.46. The summed E-state index contributed by atoms with van der Waals surface area (Å²) in [5.41, 5.74) is 1.24. The molecule has 9 heteroatoms. The molecule has 0 aliphatic heterocycles. The van der Waals surface area contributed by atoms with Crippen LogP contribution in [0.1, 0.15) is 16.3 Å². The molecule has 1 amide bonds. The second-order valence-corrected chi connectivity index (χ2v) is 9.45. The summed E-state index contributed by atoms with van der Waals surface area (Å²) in [6.45, 7) is 0.0971. The van der Waals surface area contributed by atoms with E-state index in [1.165, 1.54) is 27.6 Å². The van der Waals surface area contributed by atoms with Crippen molar-refractivity contribution in [1.82, 2.24) is 19.7 Å². The van der Waals surface area contributed by atoms with E-state index in [-0.39, 0.29) is 18.2 Å². The first-order valence-electron chi connectivity index (χ1n) is 9.84. The predicted molar refractivity (Wildman–Crippen MR) is 127 cm³/mol. The van der Waals surface area contributed by atoms with Gasteiger partial charge in [0.05, 0.1) is 5.75 Å². The fourth-order valence-electron chi connectivity index (χ4n) is 3.16. The minimum atomic E-state index is -0.424. The highest BCUT2D eigenvalue weighted by Gasteiger charge is 2.19. The van der Waals surface area contributed by atoms with Crippen LogP contribution in [0.15, 0.2) is 71.2 Å². The van der Waals surface area contributed by atoms with Crippen molar-refractivity contribution in [3.05, 3.63) is 93.1 Å². The molecule has 0 bridgehead atoms. The van der Waals surface area contributed by atoms with E-state index in [0.29, 0.717) is 22.2 Å². The van der Waals surface area contributed by atoms with Crippen LogP contribution in [0.4, 0.5) is 4.39 Å². The van der Waals surface area contributed by atoms with Gasteiger partial charge in [-0.1, -0.05) is 53.7 Å². The minimum Gasteiger partial charge on any atom is -0.341 e. The van der Waals surface area contributed by atoms with E-state index in [0.717, 1.165) is 11.5 Å². The van der Waals surface area contributed by atoms with Gasteiger partial charge < -0.3 is 4.90 Å². The van der Waals surface area contributed by atoms with Crippen LogP contribution in [-0.2, 0) is 17.8 Å². The van der Waals surface area contributed by atoms with Gasteiger partial charge in [-0.15, -0.1) is 21.5 Å². The number of halogens is 2. The Labute approximate surface area is 198 Å². The lowest BCUT2D eigenvalue weighted by atomic mass is 10.2. The van der Waals surface area contributed by atoms with Gasteiger partial charge >= 0.3 is 0 Å². The molecule has 0 fully saturated rings. The number of para-hydroxylation sites is 1. The maximum Gasteiger partial charge on any atom is 0.233 e. The Bertz CT molecular complexity index is 1180. The Balaban J connectivity index is 1.50. The van der Waals surface area contributed by atoms with Crippen molar-refractivity contribution in [2.45, 2.75) is 18.1 Å². The molecule has 4 aromatic rings. The first kappa shape index (κ1) is 22.5. The van der Waals surface area contributed by atoms with Crippen molar-refractivity contribution in [2.24, 2.45) is 0 Å². The lowest BCUT2D eigenvalue weighted by Crippen LogP contribution is -2.28. The normalized spacial score (nSPS) is 11.0. The molecule has 0 saturated heterocycles. The third-order valence-electron chi connectivity index (χ3n) is 4.83. The second-order valence-electron chi connectivity index (χ2n) is 7.06. The number of thiophene rings is 1. The Hall–Kier alpha value is -2.68. The molecule has 2 heterocycles. The average Bonchev–Trinajstić information content (AvgIpc) is 3.45. The maximum atomic E-state index is 14.1. The van der Waals surface area contributed by atoms with Crippen molar-refractivity contribution in [3.63, 3.8) is 0 Å². The zero-order chi connectivity index (χ0) is 22.5. The molecule has 2 aromatic heterocycles. The van der Waals surface area contributed by atoms with Gasteiger partial charge in [-0.05, 0) is 35.7 Å². The zero-order valence-electron chi connectivity index (χ0n) is 17.2. The summed E-state index contributed by atoms with van der Waals surface area (Å²) in [5, 5.41) is 11.7. The fraction of sp³-hybridized carbons (Fsp3) is 0.174. The molecule has 4 rings (SSSR count). The summed E-state index contributed by atoms with van der Waals surface area (Å²) in [6, 6.07) is 18.4. The number of carbonyl (C=O) groups excluding carboxylic acids is 1. The zero-order valence-corrected chi connectivity index (χ0v) is 19.6. The number of thioether (sulfide) groups is 1. The molecule has 2 aromatic carbocycles. The topological polar surface area (TPSA) is 51.0 Å². The molecule has 32 heavy (non-hydrogen) atoms. The first-order chi connectivity index (χ1) is 15.5. The van der Waals surface area contributed by atoms with E-state index in [4.69, 9.17) is 11.6 Å². The van der Waals surface area contributed by atoms with Crippen molar-refractivity contribution in [3.8, 4) is 5.69 Å². The number of nitrogens with zero attached hydrogens (tertiary/aromatic N) is 4. The van der Waals surface area contributed by atoms with Gasteiger partial charge in [-0.25, -0.2) is 4.39 Å². The largest absolute Gasteiger partial charge is 0.341 e. The van der Waals surface area contributed by atoms with Crippen LogP contribution in [0.2, 0.25) is 5.02 Å². The molecule has 0 radical (unpaired) electrons. The van der Waals surface area contributed by atoms with Gasteiger partial charge in [0, 0.05) is 41.2 Å². The van der Waals surface area contributed by atoms with Gasteiger partial charge in [0.25, 0.3) is 0 Å². The number of hydrogen-bond donors (Lipinski definition) is 0. The van der Waals surface area contributed by atoms with E-state index in [1.54, 1.807) is 30.5 Å². The average molecular weight is 487 g/mol. The number of rotatable bonds is 8. The molecule has 0 spiro atoms. The van der Waals surface area contributed by atoms with Crippen molar-refractivity contribution < 1.29 is 9.18 Å². The van der Waals surface area contributed by atoms with E-state index >= 15 is 0 Å². The number of carbonyl (C=O) groups is 1. The standard InChI is InChI=1S/C23H20ClFN4OS2/c1-28(14-18-19(24)10-5-11-20(18)25)22(30)15-32-23-27-26-21(13-17-9-6-12-31-17)29(23)16-7-3-2-4-8-16/h2-12H,13-15H2,1H3. The molecule has 164 valence electrons. The molecule has 0 aliphatic rings. The summed E-state index contributed by atoms with van der Waals surface area (Å²) in [5.74, 6) is 0.371. The first-order valence-corrected chi connectivity index (χ1v) is 12.1. The monoisotopic (exact) mass is 486 g/mol. The molecule has 0 saturated carbocycles. The number of benzene rings is 2. The fourth-order valence-corrected chi connectivity index (χ4v) is 4.99. The van der Waals surface area contributed by atoms with Crippen molar-refractivity contribution >= 4 is 40.6 Å². The van der Waals surface area contributed by atoms with Crippen LogP contribution in [-0.4, -0.2) is 38.4 Å². The molecular formula is C23H20ClFN4OS2. The Kier molecular flexibility index (Phi) is 7.24. The van der Waals surface area contributed by atoms with Gasteiger partial charge in [-0.2, -0.15) is 0 Å². The minimum absolute atomic E-state index is 0.0971. The van der Waals surface area contributed by atoms with Gasteiger partial charge in [0.15, 0.2) is 5.16 Å². The third kappa shape index (κ3) is 5.20. The highest BCUT2D eigenvalue weighted by molar-refractivity contribution is 7.99. The van der Waals surface area contributed by atoms with Crippen LogP contribution in [0.5, 0.6) is 0 Å². The molecule has 0 atom stereocenters. The highest BCUT2D eigenvalue weighted by atomic mass is 35.5. The summed E-state index contributed by atoms with van der Waals surface area (Å²) in [4.78, 5) is 15.4. The van der Waals surface area contributed by atoms with Crippen molar-refractivity contribution in [1.29, 1.82) is 0 Å². The Morgan fingerprint density at radius 2 is 1.94 bits per heavy atom. The van der Waals surface area contributed by atoms with Gasteiger partial charge in [0.2, 0.25) is 5.91 Å². The summed E-state index contributed by atoms with van der Waals surface area (Å²) in [7, 11) is 1.63. The quantitative estimate of drug-likeness (QED) is 0.310. The lowest BCUT2D eigenvalue weighted by molar-refractivity contribution is -0.127. The van der Waals surface area contributed by atoms with Crippen LogP contribution in [0.3, 0.4) is 0 Å².